The summed E-state index contributed by atoms with van der Waals surface area (Å²) < 4.78 is 16.9. The van der Waals surface area contributed by atoms with Crippen LogP contribution in [0.3, 0.4) is 0 Å². The molecule has 120 valence electrons. The molecule has 1 heterocycles. The van der Waals surface area contributed by atoms with E-state index in [4.69, 9.17) is 0 Å². The van der Waals surface area contributed by atoms with Gasteiger partial charge in [0.05, 0.1) is 5.52 Å². The number of aromatic nitrogens is 2. The smallest absolute Gasteiger partial charge is 0.131 e. The van der Waals surface area contributed by atoms with E-state index in [1.54, 1.807) is 12.1 Å². The van der Waals surface area contributed by atoms with Gasteiger partial charge in [0.1, 0.15) is 10.4 Å². The molecule has 3 rings (SSSR count). The van der Waals surface area contributed by atoms with E-state index in [1.807, 2.05) is 28.9 Å². The van der Waals surface area contributed by atoms with Crippen molar-refractivity contribution in [2.75, 3.05) is 20.6 Å². The number of aryl methyl sites for hydroxylation is 1. The number of rotatable bonds is 5. The van der Waals surface area contributed by atoms with E-state index in [0.717, 1.165) is 40.6 Å². The second-order valence-electron chi connectivity index (χ2n) is 5.88. The van der Waals surface area contributed by atoms with Crippen molar-refractivity contribution >= 4 is 26.8 Å². The van der Waals surface area contributed by atoms with Crippen LogP contribution in [0.4, 0.5) is 4.39 Å². The van der Waals surface area contributed by atoms with Crippen LogP contribution in [0.25, 0.3) is 22.0 Å². The first-order valence-electron chi connectivity index (χ1n) is 7.62. The van der Waals surface area contributed by atoms with Crippen LogP contribution in [-0.4, -0.2) is 35.3 Å². The van der Waals surface area contributed by atoms with E-state index >= 15 is 0 Å². The second-order valence-corrected chi connectivity index (χ2v) is 6.63. The highest BCUT2D eigenvalue weighted by atomic mass is 79.9. The third-order valence-corrected chi connectivity index (χ3v) is 4.67. The SMILES string of the molecule is CN(C)CCCn1nc2cc(-c3ccccc3F)ccc2c1Br. The molecule has 0 bridgehead atoms. The maximum atomic E-state index is 14.0. The van der Waals surface area contributed by atoms with Gasteiger partial charge in [0.2, 0.25) is 0 Å². The molecule has 0 amide bonds. The van der Waals surface area contributed by atoms with E-state index in [9.17, 15) is 4.39 Å². The molecule has 0 fully saturated rings. The van der Waals surface area contributed by atoms with Crippen LogP contribution < -0.4 is 0 Å². The van der Waals surface area contributed by atoms with Gasteiger partial charge in [0.25, 0.3) is 0 Å². The van der Waals surface area contributed by atoms with Crippen molar-refractivity contribution in [1.29, 1.82) is 0 Å². The van der Waals surface area contributed by atoms with Crippen molar-refractivity contribution in [3.8, 4) is 11.1 Å². The maximum absolute atomic E-state index is 14.0. The quantitative estimate of drug-likeness (QED) is 0.651. The van der Waals surface area contributed by atoms with Crippen LogP contribution in [0.15, 0.2) is 47.1 Å². The van der Waals surface area contributed by atoms with E-state index in [1.165, 1.54) is 6.07 Å². The van der Waals surface area contributed by atoms with Gasteiger partial charge in [-0.3, -0.25) is 4.68 Å². The van der Waals surface area contributed by atoms with Crippen molar-refractivity contribution in [2.24, 2.45) is 0 Å². The lowest BCUT2D eigenvalue weighted by atomic mass is 10.0. The fraction of sp³-hybridized carbons (Fsp3) is 0.278. The van der Waals surface area contributed by atoms with Gasteiger partial charge in [-0.25, -0.2) is 4.39 Å². The molecule has 0 N–H and O–H groups in total. The summed E-state index contributed by atoms with van der Waals surface area (Å²) in [6, 6.07) is 12.7. The van der Waals surface area contributed by atoms with Gasteiger partial charge < -0.3 is 4.90 Å². The van der Waals surface area contributed by atoms with E-state index in [-0.39, 0.29) is 5.82 Å². The van der Waals surface area contributed by atoms with Crippen LogP contribution >= 0.6 is 15.9 Å². The number of fused-ring (bicyclic) bond motifs is 1. The van der Waals surface area contributed by atoms with Gasteiger partial charge >= 0.3 is 0 Å². The number of hydrogen-bond donors (Lipinski definition) is 0. The largest absolute Gasteiger partial charge is 0.309 e. The second kappa shape index (κ2) is 6.81. The molecular weight excluding hydrogens is 357 g/mol. The lowest BCUT2D eigenvalue weighted by Crippen LogP contribution is -2.15. The molecule has 3 aromatic rings. The van der Waals surface area contributed by atoms with Crippen molar-refractivity contribution in [3.05, 3.63) is 52.9 Å². The highest BCUT2D eigenvalue weighted by molar-refractivity contribution is 9.10. The molecule has 0 saturated carbocycles. The summed E-state index contributed by atoms with van der Waals surface area (Å²) in [5.41, 5.74) is 2.33. The lowest BCUT2D eigenvalue weighted by Gasteiger charge is -2.09. The van der Waals surface area contributed by atoms with Gasteiger partial charge in [-0.2, -0.15) is 5.10 Å². The molecule has 0 aliphatic carbocycles. The zero-order valence-corrected chi connectivity index (χ0v) is 14.8. The first kappa shape index (κ1) is 16.1. The summed E-state index contributed by atoms with van der Waals surface area (Å²) in [4.78, 5) is 2.16. The van der Waals surface area contributed by atoms with Gasteiger partial charge in [0.15, 0.2) is 0 Å². The minimum atomic E-state index is -0.212. The minimum Gasteiger partial charge on any atom is -0.309 e. The van der Waals surface area contributed by atoms with Crippen molar-refractivity contribution in [3.63, 3.8) is 0 Å². The zero-order chi connectivity index (χ0) is 16.4. The Labute approximate surface area is 143 Å². The summed E-state index contributed by atoms with van der Waals surface area (Å²) in [6.45, 7) is 1.87. The Balaban J connectivity index is 1.93. The van der Waals surface area contributed by atoms with E-state index in [0.29, 0.717) is 5.56 Å². The first-order valence-corrected chi connectivity index (χ1v) is 8.41. The summed E-state index contributed by atoms with van der Waals surface area (Å²) in [5, 5.41) is 5.70. The highest BCUT2D eigenvalue weighted by Gasteiger charge is 2.11. The zero-order valence-electron chi connectivity index (χ0n) is 13.3. The molecule has 0 saturated heterocycles. The first-order chi connectivity index (χ1) is 11.1. The average molecular weight is 376 g/mol. The molecule has 23 heavy (non-hydrogen) atoms. The molecule has 1 aromatic heterocycles. The number of nitrogens with zero attached hydrogens (tertiary/aromatic N) is 3. The van der Waals surface area contributed by atoms with Gasteiger partial charge in [-0.1, -0.05) is 24.3 Å². The summed E-state index contributed by atoms with van der Waals surface area (Å²) in [7, 11) is 4.13. The molecule has 3 nitrogen and oxygen atoms in total. The normalized spacial score (nSPS) is 11.5. The predicted octanol–water partition coefficient (Wildman–Crippen LogP) is 4.56. The Morgan fingerprint density at radius 1 is 1.17 bits per heavy atom. The molecule has 5 heteroatoms. The van der Waals surface area contributed by atoms with Crippen LogP contribution in [0.1, 0.15) is 6.42 Å². The van der Waals surface area contributed by atoms with Crippen molar-refractivity contribution in [1.82, 2.24) is 14.7 Å². The fourth-order valence-corrected chi connectivity index (χ4v) is 3.24. The van der Waals surface area contributed by atoms with E-state index in [2.05, 4.69) is 40.0 Å². The van der Waals surface area contributed by atoms with Crippen LogP contribution in [-0.2, 0) is 6.54 Å². The van der Waals surface area contributed by atoms with Crippen LogP contribution in [0, 0.1) is 5.82 Å². The Morgan fingerprint density at radius 3 is 2.70 bits per heavy atom. The van der Waals surface area contributed by atoms with Gasteiger partial charge in [-0.05, 0) is 66.8 Å². The molecule has 0 spiro atoms. The monoisotopic (exact) mass is 375 g/mol. The topological polar surface area (TPSA) is 21.1 Å². The molecular formula is C18H19BrFN3. The summed E-state index contributed by atoms with van der Waals surface area (Å²) in [5.74, 6) is -0.212. The molecule has 0 unspecified atom stereocenters. The number of halogens is 2. The molecule has 0 atom stereocenters. The summed E-state index contributed by atoms with van der Waals surface area (Å²) >= 11 is 3.63. The van der Waals surface area contributed by atoms with Crippen molar-refractivity contribution < 1.29 is 4.39 Å². The summed E-state index contributed by atoms with van der Waals surface area (Å²) in [6.07, 6.45) is 1.03. The molecule has 0 aliphatic rings. The Morgan fingerprint density at radius 2 is 1.96 bits per heavy atom. The molecule has 2 aromatic carbocycles. The molecule has 0 radical (unpaired) electrons. The molecule has 0 aliphatic heterocycles. The standard InChI is InChI=1S/C18H19BrFN3/c1-22(2)10-5-11-23-18(19)15-9-8-13(12-17(15)21-23)14-6-3-4-7-16(14)20/h3-4,6-9,12H,5,10-11H2,1-2H3. The predicted molar refractivity (Wildman–Crippen MR) is 96.0 cm³/mol. The van der Waals surface area contributed by atoms with Crippen LogP contribution in [0.2, 0.25) is 0 Å². The third-order valence-electron chi connectivity index (χ3n) is 3.84. The number of hydrogen-bond acceptors (Lipinski definition) is 2. The van der Waals surface area contributed by atoms with Crippen LogP contribution in [0.5, 0.6) is 0 Å². The Bertz CT molecular complexity index is 826. The number of benzene rings is 2. The van der Waals surface area contributed by atoms with Crippen molar-refractivity contribution in [2.45, 2.75) is 13.0 Å². The fourth-order valence-electron chi connectivity index (χ4n) is 2.65. The Hall–Kier alpha value is -1.72. The average Bonchev–Trinajstić information content (AvgIpc) is 2.83. The Kier molecular flexibility index (Phi) is 4.78. The minimum absolute atomic E-state index is 0.212. The third kappa shape index (κ3) is 3.46. The maximum Gasteiger partial charge on any atom is 0.131 e. The van der Waals surface area contributed by atoms with E-state index < -0.39 is 0 Å². The lowest BCUT2D eigenvalue weighted by molar-refractivity contribution is 0.380. The van der Waals surface area contributed by atoms with Gasteiger partial charge in [-0.15, -0.1) is 0 Å². The van der Waals surface area contributed by atoms with Gasteiger partial charge in [0, 0.05) is 17.5 Å². The highest BCUT2D eigenvalue weighted by Crippen LogP contribution is 2.30.